The number of fused-ring (bicyclic) bond motifs is 1. The Hall–Kier alpha value is -1.37. The highest BCUT2D eigenvalue weighted by Gasteiger charge is 2.34. The minimum absolute atomic E-state index is 0.0131. The molecule has 2 amide bonds. The number of hydrogen-bond donors (Lipinski definition) is 1. The van der Waals surface area contributed by atoms with Crippen LogP contribution in [0, 0.1) is 0 Å². The van der Waals surface area contributed by atoms with Gasteiger partial charge in [0.05, 0.1) is 13.2 Å². The first-order valence-electron chi connectivity index (χ1n) is 6.86. The maximum atomic E-state index is 12.1. The highest BCUT2D eigenvalue weighted by Crippen LogP contribution is 2.16. The summed E-state index contributed by atoms with van der Waals surface area (Å²) in [5.74, 6) is 0. The van der Waals surface area contributed by atoms with Gasteiger partial charge < -0.3 is 4.74 Å². The zero-order chi connectivity index (χ0) is 13.1. The Morgan fingerprint density at radius 1 is 1.26 bits per heavy atom. The van der Waals surface area contributed by atoms with Crippen molar-refractivity contribution in [1.29, 1.82) is 0 Å². The summed E-state index contributed by atoms with van der Waals surface area (Å²) in [4.78, 5) is 16.2. The van der Waals surface area contributed by atoms with Crippen molar-refractivity contribution in [3.05, 3.63) is 24.4 Å². The smallest absolute Gasteiger partial charge is 0.340 e. The van der Waals surface area contributed by atoms with Gasteiger partial charge in [-0.3, -0.25) is 14.8 Å². The quantitative estimate of drug-likeness (QED) is 0.796. The first-order chi connectivity index (χ1) is 9.34. The Bertz CT molecular complexity index is 390. The molecule has 0 aliphatic carbocycles. The van der Waals surface area contributed by atoms with Crippen molar-refractivity contribution in [3.8, 4) is 0 Å². The van der Waals surface area contributed by atoms with Gasteiger partial charge in [0.2, 0.25) is 0 Å². The number of allylic oxidation sites excluding steroid dienone is 2. The van der Waals surface area contributed by atoms with Gasteiger partial charge in [-0.1, -0.05) is 6.08 Å². The molecule has 19 heavy (non-hydrogen) atoms. The fourth-order valence-corrected chi connectivity index (χ4v) is 2.58. The SMILES string of the molecule is O=C1N(CCCN2CCOCC2)NC2C=CC=CN12. The molecule has 104 valence electrons. The lowest BCUT2D eigenvalue weighted by molar-refractivity contribution is 0.0362. The van der Waals surface area contributed by atoms with E-state index in [4.69, 9.17) is 4.74 Å². The first kappa shape index (κ1) is 12.7. The van der Waals surface area contributed by atoms with Crippen LogP contribution in [0.2, 0.25) is 0 Å². The van der Waals surface area contributed by atoms with Crippen LogP contribution in [-0.4, -0.2) is 66.4 Å². The molecule has 2 fully saturated rings. The summed E-state index contributed by atoms with van der Waals surface area (Å²) in [6.07, 6.45) is 8.61. The number of hydrogen-bond acceptors (Lipinski definition) is 4. The number of ether oxygens (including phenoxy) is 1. The van der Waals surface area contributed by atoms with Gasteiger partial charge in [0.25, 0.3) is 0 Å². The summed E-state index contributed by atoms with van der Waals surface area (Å²) >= 11 is 0. The van der Waals surface area contributed by atoms with E-state index >= 15 is 0 Å². The van der Waals surface area contributed by atoms with Gasteiger partial charge in [-0.15, -0.1) is 0 Å². The van der Waals surface area contributed by atoms with Gasteiger partial charge in [0.15, 0.2) is 0 Å². The molecule has 6 heteroatoms. The van der Waals surface area contributed by atoms with Crippen LogP contribution in [-0.2, 0) is 4.74 Å². The number of nitrogens with one attached hydrogen (secondary N) is 1. The average molecular weight is 264 g/mol. The van der Waals surface area contributed by atoms with Gasteiger partial charge >= 0.3 is 6.03 Å². The summed E-state index contributed by atoms with van der Waals surface area (Å²) in [7, 11) is 0. The standard InChI is InChI=1S/C13H20N4O2/c18-13-16-6-2-1-4-12(16)14-17(13)7-3-5-15-8-10-19-11-9-15/h1-2,4,6,12,14H,3,5,7-11H2. The molecule has 1 atom stereocenters. The summed E-state index contributed by atoms with van der Waals surface area (Å²) in [6.45, 7) is 5.41. The molecule has 0 aromatic rings. The topological polar surface area (TPSA) is 48.1 Å². The lowest BCUT2D eigenvalue weighted by Crippen LogP contribution is -2.41. The predicted molar refractivity (Wildman–Crippen MR) is 71.0 cm³/mol. The van der Waals surface area contributed by atoms with Crippen molar-refractivity contribution in [2.24, 2.45) is 0 Å². The van der Waals surface area contributed by atoms with E-state index in [0.29, 0.717) is 0 Å². The fraction of sp³-hybridized carbons (Fsp3) is 0.615. The molecule has 0 radical (unpaired) electrons. The Kier molecular flexibility index (Phi) is 3.82. The number of nitrogens with zero attached hydrogens (tertiary/aromatic N) is 3. The van der Waals surface area contributed by atoms with Crippen LogP contribution in [0.15, 0.2) is 24.4 Å². The Labute approximate surface area is 113 Å². The molecule has 0 aromatic carbocycles. The largest absolute Gasteiger partial charge is 0.379 e. The molecule has 3 aliphatic rings. The minimum atomic E-state index is -0.0131. The van der Waals surface area contributed by atoms with Crippen LogP contribution in [0.1, 0.15) is 6.42 Å². The number of morpholine rings is 1. The van der Waals surface area contributed by atoms with Gasteiger partial charge in [-0.2, -0.15) is 0 Å². The van der Waals surface area contributed by atoms with E-state index in [9.17, 15) is 4.79 Å². The normalized spacial score (nSPS) is 27.2. The number of carbonyl (C=O) groups excluding carboxylic acids is 1. The van der Waals surface area contributed by atoms with E-state index < -0.39 is 0 Å². The van der Waals surface area contributed by atoms with E-state index in [-0.39, 0.29) is 12.2 Å². The molecule has 0 aromatic heterocycles. The number of hydrazine groups is 1. The average Bonchev–Trinajstić information content (AvgIpc) is 2.78. The van der Waals surface area contributed by atoms with Crippen molar-refractivity contribution in [3.63, 3.8) is 0 Å². The van der Waals surface area contributed by atoms with Crippen LogP contribution < -0.4 is 5.43 Å². The molecule has 1 N–H and O–H groups in total. The Morgan fingerprint density at radius 3 is 2.89 bits per heavy atom. The van der Waals surface area contributed by atoms with E-state index in [1.54, 1.807) is 9.91 Å². The minimum Gasteiger partial charge on any atom is -0.379 e. The summed E-state index contributed by atoms with van der Waals surface area (Å²) in [5.41, 5.74) is 3.21. The predicted octanol–water partition coefficient (Wildman–Crippen LogP) is 0.361. The van der Waals surface area contributed by atoms with Crippen LogP contribution in [0.5, 0.6) is 0 Å². The molecule has 1 unspecified atom stereocenters. The van der Waals surface area contributed by atoms with E-state index in [1.807, 2.05) is 24.4 Å². The second-order valence-corrected chi connectivity index (χ2v) is 4.95. The van der Waals surface area contributed by atoms with Crippen molar-refractivity contribution < 1.29 is 9.53 Å². The van der Waals surface area contributed by atoms with Gasteiger partial charge in [0.1, 0.15) is 6.17 Å². The molecule has 6 nitrogen and oxygen atoms in total. The molecule has 0 bridgehead atoms. The third-order valence-corrected chi connectivity index (χ3v) is 3.65. The van der Waals surface area contributed by atoms with Crippen molar-refractivity contribution in [1.82, 2.24) is 20.2 Å². The summed E-state index contributed by atoms with van der Waals surface area (Å²) < 4.78 is 5.32. The molecule has 2 saturated heterocycles. The number of carbonyl (C=O) groups is 1. The second kappa shape index (κ2) is 5.73. The van der Waals surface area contributed by atoms with Crippen LogP contribution in [0.4, 0.5) is 4.79 Å². The zero-order valence-electron chi connectivity index (χ0n) is 11.0. The monoisotopic (exact) mass is 264 g/mol. The number of rotatable bonds is 4. The van der Waals surface area contributed by atoms with Crippen molar-refractivity contribution in [2.45, 2.75) is 12.6 Å². The van der Waals surface area contributed by atoms with Crippen molar-refractivity contribution in [2.75, 3.05) is 39.4 Å². The van der Waals surface area contributed by atoms with Crippen LogP contribution in [0.3, 0.4) is 0 Å². The molecular weight excluding hydrogens is 244 g/mol. The van der Waals surface area contributed by atoms with E-state index in [1.165, 1.54) is 0 Å². The van der Waals surface area contributed by atoms with Gasteiger partial charge in [0, 0.05) is 32.4 Å². The lowest BCUT2D eigenvalue weighted by Gasteiger charge is -2.27. The second-order valence-electron chi connectivity index (χ2n) is 4.95. The Balaban J connectivity index is 1.44. The number of urea groups is 1. The third-order valence-electron chi connectivity index (χ3n) is 3.65. The first-order valence-corrected chi connectivity index (χ1v) is 6.86. The van der Waals surface area contributed by atoms with Crippen LogP contribution in [0.25, 0.3) is 0 Å². The van der Waals surface area contributed by atoms with Crippen molar-refractivity contribution >= 4 is 6.03 Å². The third kappa shape index (κ3) is 2.80. The fourth-order valence-electron chi connectivity index (χ4n) is 2.58. The molecule has 3 aliphatic heterocycles. The summed E-state index contributed by atoms with van der Waals surface area (Å²) in [5, 5.41) is 1.71. The molecule has 0 spiro atoms. The van der Waals surface area contributed by atoms with Gasteiger partial charge in [-0.25, -0.2) is 10.2 Å². The van der Waals surface area contributed by atoms with Gasteiger partial charge in [-0.05, 0) is 18.6 Å². The highest BCUT2D eigenvalue weighted by molar-refractivity contribution is 5.78. The highest BCUT2D eigenvalue weighted by atomic mass is 16.5. The molecule has 0 saturated carbocycles. The lowest BCUT2D eigenvalue weighted by atomic mass is 10.3. The maximum absolute atomic E-state index is 12.1. The molecular formula is C13H20N4O2. The summed E-state index contributed by atoms with van der Waals surface area (Å²) in [6, 6.07) is 0.0348. The zero-order valence-corrected chi connectivity index (χ0v) is 11.0. The van der Waals surface area contributed by atoms with E-state index in [2.05, 4.69) is 10.3 Å². The van der Waals surface area contributed by atoms with E-state index in [0.717, 1.165) is 45.8 Å². The maximum Gasteiger partial charge on any atom is 0.340 e. The van der Waals surface area contributed by atoms with Crippen LogP contribution >= 0.6 is 0 Å². The Morgan fingerprint density at radius 2 is 2.11 bits per heavy atom. The number of amides is 2. The molecule has 3 heterocycles. The molecule has 3 rings (SSSR count).